The average molecular weight is 439 g/mol. The topological polar surface area (TPSA) is 76.1 Å². The monoisotopic (exact) mass is 439 g/mol. The Morgan fingerprint density at radius 3 is 2.41 bits per heavy atom. The molecule has 0 spiro atoms. The number of fused-ring (bicyclic) bond motifs is 1. The highest BCUT2D eigenvalue weighted by molar-refractivity contribution is 5.99. The van der Waals surface area contributed by atoms with Gasteiger partial charge in [-0.3, -0.25) is 0 Å². The van der Waals surface area contributed by atoms with Crippen molar-refractivity contribution < 1.29 is 13.2 Å². The maximum Gasteiger partial charge on any atom is 0.228 e. The Bertz CT molecular complexity index is 1310. The van der Waals surface area contributed by atoms with Crippen LogP contribution in [0.1, 0.15) is 0 Å². The quantitative estimate of drug-likeness (QED) is 0.528. The fraction of sp³-hybridized carbons (Fsp3) is 0.227. The van der Waals surface area contributed by atoms with Crippen molar-refractivity contribution in [3.8, 4) is 16.9 Å². The van der Waals surface area contributed by atoms with Crippen LogP contribution in [0.5, 0.6) is 0 Å². The van der Waals surface area contributed by atoms with E-state index >= 15 is 0 Å². The highest BCUT2D eigenvalue weighted by atomic mass is 19.1. The molecule has 0 bridgehead atoms. The lowest BCUT2D eigenvalue weighted by atomic mass is 10.1. The second-order valence-corrected chi connectivity index (χ2v) is 7.76. The third-order valence-electron chi connectivity index (χ3n) is 5.58. The first kappa shape index (κ1) is 20.3. The molecule has 2 N–H and O–H groups in total. The SMILES string of the molecule is CN1CCN(c2nc(-c3cccc(F)c3)c3c(N)n(-c4cc(F)ccc4F)nc3n2)CC1. The average Bonchev–Trinajstić information content (AvgIpc) is 3.11. The molecular weight excluding hydrogens is 419 g/mol. The lowest BCUT2D eigenvalue weighted by Gasteiger charge is -2.32. The van der Waals surface area contributed by atoms with Gasteiger partial charge in [-0.15, -0.1) is 5.10 Å². The van der Waals surface area contributed by atoms with Gasteiger partial charge < -0.3 is 15.5 Å². The second-order valence-electron chi connectivity index (χ2n) is 7.76. The summed E-state index contributed by atoms with van der Waals surface area (Å²) in [4.78, 5) is 13.5. The van der Waals surface area contributed by atoms with Crippen LogP contribution in [0.2, 0.25) is 0 Å². The summed E-state index contributed by atoms with van der Waals surface area (Å²) in [5.41, 5.74) is 7.26. The van der Waals surface area contributed by atoms with Crippen LogP contribution in [0.25, 0.3) is 28.0 Å². The molecular formula is C22H20F3N7. The Kier molecular flexibility index (Phi) is 4.93. The van der Waals surface area contributed by atoms with Crippen LogP contribution in [0.4, 0.5) is 24.9 Å². The number of halogens is 3. The molecule has 0 atom stereocenters. The van der Waals surface area contributed by atoms with Gasteiger partial charge in [-0.2, -0.15) is 4.98 Å². The zero-order valence-corrected chi connectivity index (χ0v) is 17.3. The van der Waals surface area contributed by atoms with Crippen molar-refractivity contribution in [2.75, 3.05) is 43.9 Å². The number of hydrogen-bond acceptors (Lipinski definition) is 6. The van der Waals surface area contributed by atoms with Gasteiger partial charge in [0.05, 0.1) is 11.1 Å². The molecule has 0 radical (unpaired) electrons. The van der Waals surface area contributed by atoms with Crippen molar-refractivity contribution in [2.24, 2.45) is 0 Å². The van der Waals surface area contributed by atoms with Gasteiger partial charge in [-0.25, -0.2) is 22.8 Å². The Labute approximate surface area is 181 Å². The largest absolute Gasteiger partial charge is 0.383 e. The number of benzene rings is 2. The predicted molar refractivity (Wildman–Crippen MR) is 116 cm³/mol. The van der Waals surface area contributed by atoms with Crippen LogP contribution in [0.3, 0.4) is 0 Å². The number of piperazine rings is 1. The minimum Gasteiger partial charge on any atom is -0.383 e. The molecule has 1 fully saturated rings. The molecule has 3 heterocycles. The first-order valence-electron chi connectivity index (χ1n) is 10.1. The van der Waals surface area contributed by atoms with E-state index in [1.165, 1.54) is 12.1 Å². The summed E-state index contributed by atoms with van der Waals surface area (Å²) in [6.07, 6.45) is 0. The van der Waals surface area contributed by atoms with Crippen molar-refractivity contribution >= 4 is 22.8 Å². The molecule has 0 saturated carbocycles. The Morgan fingerprint density at radius 1 is 0.906 bits per heavy atom. The van der Waals surface area contributed by atoms with E-state index in [1.807, 2.05) is 11.9 Å². The van der Waals surface area contributed by atoms with Crippen molar-refractivity contribution in [1.82, 2.24) is 24.6 Å². The van der Waals surface area contributed by atoms with Crippen LogP contribution in [-0.2, 0) is 0 Å². The number of nitrogens with two attached hydrogens (primary N) is 1. The first-order valence-corrected chi connectivity index (χ1v) is 10.1. The number of nitrogen functional groups attached to an aromatic ring is 1. The summed E-state index contributed by atoms with van der Waals surface area (Å²) in [5, 5.41) is 4.71. The zero-order valence-electron chi connectivity index (χ0n) is 17.3. The minimum absolute atomic E-state index is 0.0358. The van der Waals surface area contributed by atoms with Gasteiger partial charge >= 0.3 is 0 Å². The number of rotatable bonds is 3. The van der Waals surface area contributed by atoms with Gasteiger partial charge in [-0.1, -0.05) is 12.1 Å². The lowest BCUT2D eigenvalue weighted by Crippen LogP contribution is -2.45. The van der Waals surface area contributed by atoms with E-state index in [9.17, 15) is 13.2 Å². The molecule has 164 valence electrons. The molecule has 0 aliphatic carbocycles. The molecule has 4 aromatic rings. The molecule has 1 aliphatic rings. The fourth-order valence-corrected chi connectivity index (χ4v) is 3.82. The molecule has 10 heteroatoms. The number of anilines is 2. The van der Waals surface area contributed by atoms with Gasteiger partial charge in [0, 0.05) is 37.8 Å². The van der Waals surface area contributed by atoms with E-state index in [-0.39, 0.29) is 17.2 Å². The maximum absolute atomic E-state index is 14.5. The van der Waals surface area contributed by atoms with Crippen LogP contribution in [-0.4, -0.2) is 57.9 Å². The van der Waals surface area contributed by atoms with Crippen LogP contribution in [0.15, 0.2) is 42.5 Å². The smallest absolute Gasteiger partial charge is 0.228 e. The first-order chi connectivity index (χ1) is 15.4. The molecule has 2 aromatic heterocycles. The van der Waals surface area contributed by atoms with Gasteiger partial charge in [0.2, 0.25) is 5.95 Å². The Hall–Kier alpha value is -3.66. The zero-order chi connectivity index (χ0) is 22.4. The second kappa shape index (κ2) is 7.79. The van der Waals surface area contributed by atoms with E-state index in [4.69, 9.17) is 10.7 Å². The molecule has 32 heavy (non-hydrogen) atoms. The summed E-state index contributed by atoms with van der Waals surface area (Å²) >= 11 is 0. The lowest BCUT2D eigenvalue weighted by molar-refractivity contribution is 0.311. The summed E-state index contributed by atoms with van der Waals surface area (Å²) in [7, 11) is 2.04. The molecule has 5 rings (SSSR count). The van der Waals surface area contributed by atoms with Crippen LogP contribution < -0.4 is 10.6 Å². The Balaban J connectivity index is 1.74. The molecule has 0 unspecified atom stereocenters. The predicted octanol–water partition coefficient (Wildman–Crippen LogP) is 3.23. The van der Waals surface area contributed by atoms with E-state index in [0.717, 1.165) is 36.0 Å². The van der Waals surface area contributed by atoms with Gasteiger partial charge in [0.1, 0.15) is 29.0 Å². The summed E-state index contributed by atoms with van der Waals surface area (Å²) in [6.45, 7) is 3.09. The highest BCUT2D eigenvalue weighted by Crippen LogP contribution is 2.34. The number of aromatic nitrogens is 4. The molecule has 1 saturated heterocycles. The minimum atomic E-state index is -0.689. The third kappa shape index (κ3) is 3.52. The van der Waals surface area contributed by atoms with Crippen molar-refractivity contribution in [3.63, 3.8) is 0 Å². The maximum atomic E-state index is 14.5. The van der Waals surface area contributed by atoms with Crippen LogP contribution in [0, 0.1) is 17.5 Å². The third-order valence-corrected chi connectivity index (χ3v) is 5.58. The summed E-state index contributed by atoms with van der Waals surface area (Å²) in [5.74, 6) is -1.29. The van der Waals surface area contributed by atoms with Gasteiger partial charge in [-0.05, 0) is 31.3 Å². The van der Waals surface area contributed by atoms with Crippen molar-refractivity contribution in [3.05, 3.63) is 59.9 Å². The van der Waals surface area contributed by atoms with Gasteiger partial charge in [0.15, 0.2) is 5.65 Å². The Morgan fingerprint density at radius 2 is 1.66 bits per heavy atom. The standard InChI is InChI=1S/C22H20F3N7/c1-30-7-9-31(10-8-30)22-27-19(13-3-2-4-14(23)11-13)18-20(26)32(29-21(18)28-22)17-12-15(24)5-6-16(17)25/h2-6,11-12H,7-10,26H2,1H3. The van der Waals surface area contributed by atoms with Gasteiger partial charge in [0.25, 0.3) is 0 Å². The molecule has 7 nitrogen and oxygen atoms in total. The summed E-state index contributed by atoms with van der Waals surface area (Å²) in [6, 6.07) is 8.98. The van der Waals surface area contributed by atoms with E-state index in [2.05, 4.69) is 15.0 Å². The van der Waals surface area contributed by atoms with E-state index < -0.39 is 17.5 Å². The number of hydrogen-bond donors (Lipinski definition) is 1. The number of nitrogens with zero attached hydrogens (tertiary/aromatic N) is 6. The molecule has 0 amide bonds. The van der Waals surface area contributed by atoms with Crippen LogP contribution >= 0.6 is 0 Å². The van der Waals surface area contributed by atoms with E-state index in [0.29, 0.717) is 35.7 Å². The normalized spacial score (nSPS) is 14.9. The number of likely N-dealkylation sites (N-methyl/N-ethyl adjacent to an activating group) is 1. The summed E-state index contributed by atoms with van der Waals surface area (Å²) < 4.78 is 43.4. The highest BCUT2D eigenvalue weighted by Gasteiger charge is 2.24. The van der Waals surface area contributed by atoms with Crippen molar-refractivity contribution in [2.45, 2.75) is 0 Å². The molecule has 1 aliphatic heterocycles. The van der Waals surface area contributed by atoms with Crippen molar-refractivity contribution in [1.29, 1.82) is 0 Å². The fourth-order valence-electron chi connectivity index (χ4n) is 3.82. The molecule has 2 aromatic carbocycles. The van der Waals surface area contributed by atoms with E-state index in [1.54, 1.807) is 12.1 Å².